The van der Waals surface area contributed by atoms with Gasteiger partial charge < -0.3 is 4.74 Å². The molecule has 8 heteroatoms. The molecule has 2 rings (SSSR count). The van der Waals surface area contributed by atoms with Crippen LogP contribution in [0.1, 0.15) is 15.9 Å². The van der Waals surface area contributed by atoms with E-state index < -0.39 is 10.8 Å². The average Bonchev–Trinajstić information content (AvgIpc) is 2.55. The van der Waals surface area contributed by atoms with E-state index in [2.05, 4.69) is 26.5 Å². The van der Waals surface area contributed by atoms with Gasteiger partial charge in [0.2, 0.25) is 0 Å². The number of amides is 1. The number of hydrogen-bond acceptors (Lipinski definition) is 5. The zero-order valence-electron chi connectivity index (χ0n) is 12.0. The molecule has 0 saturated carbocycles. The predicted molar refractivity (Wildman–Crippen MR) is 88.9 cm³/mol. The minimum absolute atomic E-state index is 0.151. The van der Waals surface area contributed by atoms with Crippen LogP contribution in [0.25, 0.3) is 0 Å². The Hall–Kier alpha value is -2.74. The first-order valence-corrected chi connectivity index (χ1v) is 7.22. The molecule has 0 aliphatic rings. The molecule has 0 atom stereocenters. The molecule has 0 heterocycles. The van der Waals surface area contributed by atoms with Crippen molar-refractivity contribution in [1.29, 1.82) is 0 Å². The summed E-state index contributed by atoms with van der Waals surface area (Å²) in [4.78, 5) is 22.1. The maximum Gasteiger partial charge on any atom is 0.271 e. The van der Waals surface area contributed by atoms with Gasteiger partial charge in [-0.1, -0.05) is 22.0 Å². The van der Waals surface area contributed by atoms with Gasteiger partial charge in [-0.2, -0.15) is 5.10 Å². The standard InChI is InChI=1S/C15H12BrN3O4/c1-23-14-6-5-12(16)7-11(14)9-17-18-15(20)10-3-2-4-13(8-10)19(21)22/h2-9H,1H3,(H,18,20)/b17-9-. The van der Waals surface area contributed by atoms with Gasteiger partial charge in [0.1, 0.15) is 5.75 Å². The van der Waals surface area contributed by atoms with Gasteiger partial charge in [0.25, 0.3) is 11.6 Å². The monoisotopic (exact) mass is 377 g/mol. The van der Waals surface area contributed by atoms with E-state index in [0.29, 0.717) is 11.3 Å². The van der Waals surface area contributed by atoms with Crippen LogP contribution >= 0.6 is 15.9 Å². The molecular formula is C15H12BrN3O4. The van der Waals surface area contributed by atoms with E-state index >= 15 is 0 Å². The van der Waals surface area contributed by atoms with Crippen molar-refractivity contribution >= 4 is 33.7 Å². The van der Waals surface area contributed by atoms with Crippen molar-refractivity contribution in [2.75, 3.05) is 7.11 Å². The molecule has 1 amide bonds. The number of non-ortho nitro benzene ring substituents is 1. The second-order valence-electron chi connectivity index (χ2n) is 4.39. The fourth-order valence-electron chi connectivity index (χ4n) is 1.79. The van der Waals surface area contributed by atoms with Gasteiger partial charge in [-0.05, 0) is 24.3 Å². The van der Waals surface area contributed by atoms with Crippen molar-refractivity contribution in [3.05, 3.63) is 68.2 Å². The molecule has 1 N–H and O–H groups in total. The van der Waals surface area contributed by atoms with Crippen molar-refractivity contribution in [3.63, 3.8) is 0 Å². The number of carbonyl (C=O) groups excluding carboxylic acids is 1. The van der Waals surface area contributed by atoms with E-state index in [0.717, 1.165) is 4.47 Å². The van der Waals surface area contributed by atoms with Crippen LogP contribution in [-0.2, 0) is 0 Å². The fourth-order valence-corrected chi connectivity index (χ4v) is 2.17. The predicted octanol–water partition coefficient (Wildman–Crippen LogP) is 3.13. The third-order valence-electron chi connectivity index (χ3n) is 2.88. The number of methoxy groups -OCH3 is 1. The quantitative estimate of drug-likeness (QED) is 0.491. The van der Waals surface area contributed by atoms with E-state index in [4.69, 9.17) is 4.74 Å². The Morgan fingerprint density at radius 3 is 2.83 bits per heavy atom. The Labute approximate surface area is 140 Å². The van der Waals surface area contributed by atoms with Crippen LogP contribution < -0.4 is 10.2 Å². The molecule has 118 valence electrons. The van der Waals surface area contributed by atoms with E-state index in [1.165, 1.54) is 37.6 Å². The van der Waals surface area contributed by atoms with Crippen molar-refractivity contribution < 1.29 is 14.5 Å². The highest BCUT2D eigenvalue weighted by Crippen LogP contribution is 2.21. The third kappa shape index (κ3) is 4.36. The van der Waals surface area contributed by atoms with Crippen molar-refractivity contribution in [2.45, 2.75) is 0 Å². The molecule has 7 nitrogen and oxygen atoms in total. The van der Waals surface area contributed by atoms with Crippen molar-refractivity contribution in [3.8, 4) is 5.75 Å². The number of hydrazone groups is 1. The summed E-state index contributed by atoms with van der Waals surface area (Å²) in [5, 5.41) is 14.6. The van der Waals surface area contributed by atoms with E-state index in [1.54, 1.807) is 12.1 Å². The highest BCUT2D eigenvalue weighted by atomic mass is 79.9. The molecule has 0 aromatic heterocycles. The van der Waals surface area contributed by atoms with E-state index in [-0.39, 0.29) is 11.3 Å². The number of carbonyl (C=O) groups is 1. The van der Waals surface area contributed by atoms with Crippen LogP contribution in [0.2, 0.25) is 0 Å². The minimum atomic E-state index is -0.563. The number of benzene rings is 2. The maximum atomic E-state index is 11.9. The molecule has 0 aliphatic carbocycles. The van der Waals surface area contributed by atoms with Gasteiger partial charge in [0, 0.05) is 27.7 Å². The zero-order chi connectivity index (χ0) is 16.8. The Morgan fingerprint density at radius 1 is 1.35 bits per heavy atom. The highest BCUT2D eigenvalue weighted by Gasteiger charge is 2.10. The normalized spacial score (nSPS) is 10.5. The number of nitrogens with zero attached hydrogens (tertiary/aromatic N) is 2. The van der Waals surface area contributed by atoms with Gasteiger partial charge in [-0.25, -0.2) is 5.43 Å². The van der Waals surface area contributed by atoms with Crippen LogP contribution in [0, 0.1) is 10.1 Å². The Balaban J connectivity index is 2.11. The summed E-state index contributed by atoms with van der Waals surface area (Å²) >= 11 is 3.34. The lowest BCUT2D eigenvalue weighted by Gasteiger charge is -2.04. The lowest BCUT2D eigenvalue weighted by atomic mass is 10.2. The molecule has 0 aliphatic heterocycles. The SMILES string of the molecule is COc1ccc(Br)cc1/C=N\NC(=O)c1cccc([N+](=O)[O-])c1. The van der Waals surface area contributed by atoms with Crippen LogP contribution in [0.15, 0.2) is 52.0 Å². The summed E-state index contributed by atoms with van der Waals surface area (Å²) < 4.78 is 6.02. The third-order valence-corrected chi connectivity index (χ3v) is 3.37. The van der Waals surface area contributed by atoms with Crippen LogP contribution in [-0.4, -0.2) is 24.2 Å². The van der Waals surface area contributed by atoms with Gasteiger partial charge in [-0.3, -0.25) is 14.9 Å². The van der Waals surface area contributed by atoms with Gasteiger partial charge in [-0.15, -0.1) is 0 Å². The molecule has 0 fully saturated rings. The molecule has 23 heavy (non-hydrogen) atoms. The summed E-state index contributed by atoms with van der Waals surface area (Å²) in [5.41, 5.74) is 2.98. The highest BCUT2D eigenvalue weighted by molar-refractivity contribution is 9.10. The number of nitro benzene ring substituents is 1. The molecule has 2 aromatic carbocycles. The topological polar surface area (TPSA) is 93.8 Å². The molecular weight excluding hydrogens is 366 g/mol. The number of hydrogen-bond donors (Lipinski definition) is 1. The second kappa shape index (κ2) is 7.50. The Morgan fingerprint density at radius 2 is 2.13 bits per heavy atom. The van der Waals surface area contributed by atoms with Crippen LogP contribution in [0.4, 0.5) is 5.69 Å². The van der Waals surface area contributed by atoms with Gasteiger partial charge in [0.15, 0.2) is 0 Å². The van der Waals surface area contributed by atoms with Crippen molar-refractivity contribution in [1.82, 2.24) is 5.43 Å². The number of ether oxygens (including phenoxy) is 1. The van der Waals surface area contributed by atoms with E-state index in [1.807, 2.05) is 6.07 Å². The fraction of sp³-hybridized carbons (Fsp3) is 0.0667. The number of nitro groups is 1. The number of rotatable bonds is 5. The molecule has 0 unspecified atom stereocenters. The summed E-state index contributed by atoms with van der Waals surface area (Å²) in [7, 11) is 1.53. The summed E-state index contributed by atoms with van der Waals surface area (Å²) in [6, 6.07) is 10.8. The average molecular weight is 378 g/mol. The zero-order valence-corrected chi connectivity index (χ0v) is 13.6. The minimum Gasteiger partial charge on any atom is -0.496 e. The lowest BCUT2D eigenvalue weighted by Crippen LogP contribution is -2.17. The first-order valence-electron chi connectivity index (χ1n) is 6.42. The van der Waals surface area contributed by atoms with Crippen LogP contribution in [0.3, 0.4) is 0 Å². The summed E-state index contributed by atoms with van der Waals surface area (Å²) in [6.07, 6.45) is 1.43. The van der Waals surface area contributed by atoms with Gasteiger partial charge in [0.05, 0.1) is 18.2 Å². The maximum absolute atomic E-state index is 11.9. The largest absolute Gasteiger partial charge is 0.496 e. The first-order chi connectivity index (χ1) is 11.0. The Kier molecular flexibility index (Phi) is 5.42. The van der Waals surface area contributed by atoms with Crippen molar-refractivity contribution in [2.24, 2.45) is 5.10 Å². The van der Waals surface area contributed by atoms with Crippen LogP contribution in [0.5, 0.6) is 5.75 Å². The molecule has 0 bridgehead atoms. The second-order valence-corrected chi connectivity index (χ2v) is 5.31. The Bertz CT molecular complexity index is 777. The summed E-state index contributed by atoms with van der Waals surface area (Å²) in [6.45, 7) is 0. The summed E-state index contributed by atoms with van der Waals surface area (Å²) in [5.74, 6) is 0.0560. The van der Waals surface area contributed by atoms with Gasteiger partial charge >= 0.3 is 0 Å². The molecule has 0 spiro atoms. The molecule has 0 saturated heterocycles. The molecule has 0 radical (unpaired) electrons. The molecule has 2 aromatic rings. The number of nitrogens with one attached hydrogen (secondary N) is 1. The lowest BCUT2D eigenvalue weighted by molar-refractivity contribution is -0.384. The van der Waals surface area contributed by atoms with E-state index in [9.17, 15) is 14.9 Å². The smallest absolute Gasteiger partial charge is 0.271 e. The number of halogens is 1. The first kappa shape index (κ1) is 16.6.